The molecule has 0 fully saturated rings. The molecule has 0 radical (unpaired) electrons. The third kappa shape index (κ3) is 3.92. The summed E-state index contributed by atoms with van der Waals surface area (Å²) in [7, 11) is 0. The van der Waals surface area contributed by atoms with Crippen molar-refractivity contribution < 1.29 is 14.5 Å². The first-order valence-electron chi connectivity index (χ1n) is 5.79. The van der Waals surface area contributed by atoms with E-state index in [-0.39, 0.29) is 23.7 Å². The van der Waals surface area contributed by atoms with Crippen LogP contribution in [-0.2, 0) is 4.79 Å². The Balaban J connectivity index is 2.90. The molecule has 20 heavy (non-hydrogen) atoms. The normalized spacial score (nSPS) is 9.70. The van der Waals surface area contributed by atoms with Gasteiger partial charge in [-0.25, -0.2) is 0 Å². The molecule has 0 saturated carbocycles. The fourth-order valence-electron chi connectivity index (χ4n) is 1.48. The molecule has 0 saturated heterocycles. The summed E-state index contributed by atoms with van der Waals surface area (Å²) >= 11 is 0. The number of amides is 2. The zero-order valence-corrected chi connectivity index (χ0v) is 10.8. The molecule has 0 aromatic heterocycles. The van der Waals surface area contributed by atoms with Gasteiger partial charge >= 0.3 is 0 Å². The summed E-state index contributed by atoms with van der Waals surface area (Å²) in [5.74, 6) is 4.09. The molecule has 0 aliphatic heterocycles. The number of nitrogens with one attached hydrogen (secondary N) is 3. The molecule has 0 aliphatic rings. The first-order valence-corrected chi connectivity index (χ1v) is 5.79. The Kier molecular flexibility index (Phi) is 5.42. The van der Waals surface area contributed by atoms with Gasteiger partial charge in [-0.15, -0.1) is 0 Å². The zero-order valence-electron chi connectivity index (χ0n) is 10.8. The standard InChI is InChI=1S/C11H15N5O4/c1-2-13-10(17)6-14-11(18)8-5-7(15-12)3-4-9(8)16(19)20/h3-5,15H,2,6,12H2,1H3,(H,13,17)(H,14,18). The first-order chi connectivity index (χ1) is 9.49. The molecule has 0 heterocycles. The molecule has 9 heteroatoms. The Morgan fingerprint density at radius 2 is 2.05 bits per heavy atom. The molecular weight excluding hydrogens is 266 g/mol. The molecule has 0 spiro atoms. The third-order valence-corrected chi connectivity index (χ3v) is 2.39. The summed E-state index contributed by atoms with van der Waals surface area (Å²) < 4.78 is 0. The van der Waals surface area contributed by atoms with Gasteiger partial charge in [0, 0.05) is 18.3 Å². The van der Waals surface area contributed by atoms with Crippen LogP contribution in [0, 0.1) is 10.1 Å². The summed E-state index contributed by atoms with van der Waals surface area (Å²) in [6, 6.07) is 3.78. The summed E-state index contributed by atoms with van der Waals surface area (Å²) in [5.41, 5.74) is 2.10. The van der Waals surface area contributed by atoms with Crippen molar-refractivity contribution >= 4 is 23.2 Å². The van der Waals surface area contributed by atoms with Crippen molar-refractivity contribution in [2.24, 2.45) is 5.84 Å². The second-order valence-corrected chi connectivity index (χ2v) is 3.77. The van der Waals surface area contributed by atoms with Gasteiger partial charge < -0.3 is 16.1 Å². The fraction of sp³-hybridized carbons (Fsp3) is 0.273. The number of nitro groups is 1. The van der Waals surface area contributed by atoms with Crippen molar-refractivity contribution in [2.45, 2.75) is 6.92 Å². The van der Waals surface area contributed by atoms with Crippen molar-refractivity contribution in [2.75, 3.05) is 18.5 Å². The van der Waals surface area contributed by atoms with Crippen LogP contribution in [0.4, 0.5) is 11.4 Å². The summed E-state index contributed by atoms with van der Waals surface area (Å²) in [6.07, 6.45) is 0. The van der Waals surface area contributed by atoms with Gasteiger partial charge in [-0.1, -0.05) is 0 Å². The number of nitrogens with two attached hydrogens (primary N) is 1. The van der Waals surface area contributed by atoms with E-state index in [1.165, 1.54) is 12.1 Å². The fourth-order valence-corrected chi connectivity index (χ4v) is 1.48. The van der Waals surface area contributed by atoms with E-state index in [0.717, 1.165) is 6.07 Å². The van der Waals surface area contributed by atoms with Crippen LogP contribution in [0.1, 0.15) is 17.3 Å². The number of hydrogen-bond donors (Lipinski definition) is 4. The number of nitrogens with zero attached hydrogens (tertiary/aromatic N) is 1. The van der Waals surface area contributed by atoms with Crippen LogP contribution < -0.4 is 21.9 Å². The number of nitro benzene ring substituents is 1. The van der Waals surface area contributed by atoms with E-state index in [9.17, 15) is 19.7 Å². The van der Waals surface area contributed by atoms with Gasteiger partial charge in [-0.3, -0.25) is 25.5 Å². The SMILES string of the molecule is CCNC(=O)CNC(=O)c1cc(NN)ccc1[N+](=O)[O-]. The molecule has 108 valence electrons. The molecule has 5 N–H and O–H groups in total. The molecule has 2 amide bonds. The Labute approximate surface area is 114 Å². The molecule has 0 unspecified atom stereocenters. The van der Waals surface area contributed by atoms with Gasteiger partial charge in [0.1, 0.15) is 5.56 Å². The molecule has 0 bridgehead atoms. The molecule has 1 rings (SSSR count). The smallest absolute Gasteiger partial charge is 0.282 e. The average Bonchev–Trinajstić information content (AvgIpc) is 2.44. The minimum absolute atomic E-state index is 0.172. The maximum Gasteiger partial charge on any atom is 0.282 e. The third-order valence-electron chi connectivity index (χ3n) is 2.39. The van der Waals surface area contributed by atoms with Crippen molar-refractivity contribution in [3.63, 3.8) is 0 Å². The van der Waals surface area contributed by atoms with E-state index in [4.69, 9.17) is 5.84 Å². The van der Waals surface area contributed by atoms with E-state index >= 15 is 0 Å². The van der Waals surface area contributed by atoms with E-state index in [1.807, 2.05) is 0 Å². The van der Waals surface area contributed by atoms with Crippen molar-refractivity contribution in [3.05, 3.63) is 33.9 Å². The number of rotatable bonds is 6. The van der Waals surface area contributed by atoms with Gasteiger partial charge in [0.15, 0.2) is 0 Å². The maximum atomic E-state index is 11.9. The number of benzene rings is 1. The highest BCUT2D eigenvalue weighted by atomic mass is 16.6. The van der Waals surface area contributed by atoms with Crippen LogP contribution in [0.25, 0.3) is 0 Å². The molecule has 0 aliphatic carbocycles. The lowest BCUT2D eigenvalue weighted by atomic mass is 10.1. The number of hydrazine groups is 1. The lowest BCUT2D eigenvalue weighted by Gasteiger charge is -2.07. The second-order valence-electron chi connectivity index (χ2n) is 3.77. The molecule has 1 aromatic carbocycles. The lowest BCUT2D eigenvalue weighted by molar-refractivity contribution is -0.385. The van der Waals surface area contributed by atoms with Gasteiger partial charge in [0.25, 0.3) is 11.6 Å². The molecule has 0 atom stereocenters. The Bertz CT molecular complexity index is 532. The van der Waals surface area contributed by atoms with E-state index in [0.29, 0.717) is 12.2 Å². The minimum Gasteiger partial charge on any atom is -0.355 e. The van der Waals surface area contributed by atoms with Gasteiger partial charge in [0.05, 0.1) is 11.5 Å². The van der Waals surface area contributed by atoms with Crippen LogP contribution in [0.5, 0.6) is 0 Å². The summed E-state index contributed by atoms with van der Waals surface area (Å²) in [4.78, 5) is 33.3. The number of nitrogen functional groups attached to an aromatic ring is 1. The van der Waals surface area contributed by atoms with Crippen LogP contribution in [0.2, 0.25) is 0 Å². The van der Waals surface area contributed by atoms with E-state index in [1.54, 1.807) is 6.92 Å². The van der Waals surface area contributed by atoms with E-state index < -0.39 is 10.8 Å². The highest BCUT2D eigenvalue weighted by molar-refractivity contribution is 6.00. The number of anilines is 1. The maximum absolute atomic E-state index is 11.9. The van der Waals surface area contributed by atoms with Crippen LogP contribution in [0.3, 0.4) is 0 Å². The molecule has 9 nitrogen and oxygen atoms in total. The van der Waals surface area contributed by atoms with Crippen molar-refractivity contribution in [1.82, 2.24) is 10.6 Å². The Morgan fingerprint density at radius 1 is 1.35 bits per heavy atom. The quantitative estimate of drug-likeness (QED) is 0.322. The monoisotopic (exact) mass is 281 g/mol. The number of hydrogen-bond acceptors (Lipinski definition) is 6. The van der Waals surface area contributed by atoms with Crippen LogP contribution in [-0.4, -0.2) is 29.8 Å². The number of likely N-dealkylation sites (N-methyl/N-ethyl adjacent to an activating group) is 1. The van der Waals surface area contributed by atoms with Crippen molar-refractivity contribution in [3.8, 4) is 0 Å². The predicted octanol–water partition coefficient (Wildman–Crippen LogP) is -0.254. The van der Waals surface area contributed by atoms with Crippen molar-refractivity contribution in [1.29, 1.82) is 0 Å². The zero-order chi connectivity index (χ0) is 15.1. The van der Waals surface area contributed by atoms with Gasteiger partial charge in [-0.2, -0.15) is 0 Å². The first kappa shape index (κ1) is 15.4. The van der Waals surface area contributed by atoms with Gasteiger partial charge in [-0.05, 0) is 19.1 Å². The number of carbonyl (C=O) groups is 2. The largest absolute Gasteiger partial charge is 0.355 e. The van der Waals surface area contributed by atoms with Crippen LogP contribution >= 0.6 is 0 Å². The topological polar surface area (TPSA) is 139 Å². The molecule has 1 aromatic rings. The van der Waals surface area contributed by atoms with Gasteiger partial charge in [0.2, 0.25) is 5.91 Å². The van der Waals surface area contributed by atoms with E-state index in [2.05, 4.69) is 16.1 Å². The minimum atomic E-state index is -0.722. The second kappa shape index (κ2) is 7.04. The summed E-state index contributed by atoms with van der Waals surface area (Å²) in [5, 5.41) is 15.7. The number of carbonyl (C=O) groups excluding carboxylic acids is 2. The highest BCUT2D eigenvalue weighted by Crippen LogP contribution is 2.22. The average molecular weight is 281 g/mol. The Hall–Kier alpha value is -2.68. The predicted molar refractivity (Wildman–Crippen MR) is 71.9 cm³/mol. The lowest BCUT2D eigenvalue weighted by Crippen LogP contribution is -2.37. The summed E-state index contributed by atoms with van der Waals surface area (Å²) in [6.45, 7) is 1.91. The highest BCUT2D eigenvalue weighted by Gasteiger charge is 2.20. The Morgan fingerprint density at radius 3 is 2.60 bits per heavy atom. The molecular formula is C11H15N5O4. The van der Waals surface area contributed by atoms with Crippen LogP contribution in [0.15, 0.2) is 18.2 Å².